The zero-order valence-electron chi connectivity index (χ0n) is 8.69. The van der Waals surface area contributed by atoms with Gasteiger partial charge in [-0.2, -0.15) is 0 Å². The fourth-order valence-electron chi connectivity index (χ4n) is 1.62. The summed E-state index contributed by atoms with van der Waals surface area (Å²) in [5, 5.41) is 11.4. The average molecular weight is 224 g/mol. The Morgan fingerprint density at radius 3 is 2.94 bits per heavy atom. The van der Waals surface area contributed by atoms with Crippen molar-refractivity contribution in [1.29, 1.82) is 0 Å². The third-order valence-corrected chi connectivity index (χ3v) is 2.58. The fourth-order valence-corrected chi connectivity index (χ4v) is 1.62. The summed E-state index contributed by atoms with van der Waals surface area (Å²) < 4.78 is 12.8. The number of amides is 2. The van der Waals surface area contributed by atoms with Crippen LogP contribution < -0.4 is 5.32 Å². The Labute approximate surface area is 92.7 Å². The molecule has 0 unspecified atom stereocenters. The lowest BCUT2D eigenvalue weighted by molar-refractivity contribution is 0.0838. The van der Waals surface area contributed by atoms with Gasteiger partial charge >= 0.3 is 6.03 Å². The van der Waals surface area contributed by atoms with Crippen molar-refractivity contribution in [2.24, 2.45) is 5.92 Å². The molecule has 0 aromatic heterocycles. The molecule has 1 fully saturated rings. The monoisotopic (exact) mass is 224 g/mol. The first-order chi connectivity index (χ1) is 7.69. The van der Waals surface area contributed by atoms with Crippen molar-refractivity contribution >= 4 is 11.7 Å². The van der Waals surface area contributed by atoms with Crippen LogP contribution in [0.4, 0.5) is 14.9 Å². The van der Waals surface area contributed by atoms with Gasteiger partial charge in [0, 0.05) is 31.3 Å². The van der Waals surface area contributed by atoms with Gasteiger partial charge in [0.2, 0.25) is 0 Å². The highest BCUT2D eigenvalue weighted by atomic mass is 19.1. The molecule has 16 heavy (non-hydrogen) atoms. The van der Waals surface area contributed by atoms with E-state index >= 15 is 0 Å². The number of urea groups is 1. The summed E-state index contributed by atoms with van der Waals surface area (Å²) in [5.41, 5.74) is 0.442. The summed E-state index contributed by atoms with van der Waals surface area (Å²) >= 11 is 0. The lowest BCUT2D eigenvalue weighted by Crippen LogP contribution is -2.52. The van der Waals surface area contributed by atoms with Crippen molar-refractivity contribution in [3.05, 3.63) is 30.1 Å². The number of benzene rings is 1. The molecule has 0 atom stereocenters. The van der Waals surface area contributed by atoms with Crippen LogP contribution in [0.25, 0.3) is 0 Å². The molecule has 2 N–H and O–H groups in total. The molecule has 1 aliphatic rings. The lowest BCUT2D eigenvalue weighted by Gasteiger charge is -2.38. The van der Waals surface area contributed by atoms with Gasteiger partial charge in [0.05, 0.1) is 0 Å². The van der Waals surface area contributed by atoms with Crippen molar-refractivity contribution in [2.75, 3.05) is 25.0 Å². The summed E-state index contributed by atoms with van der Waals surface area (Å²) in [6, 6.07) is 5.50. The Morgan fingerprint density at radius 1 is 1.56 bits per heavy atom. The number of hydrogen-bond donors (Lipinski definition) is 2. The second-order valence-corrected chi connectivity index (χ2v) is 3.89. The number of nitrogens with one attached hydrogen (secondary N) is 1. The molecule has 0 radical (unpaired) electrons. The molecule has 2 rings (SSSR count). The molecule has 2 amide bonds. The van der Waals surface area contributed by atoms with Crippen LogP contribution in [-0.4, -0.2) is 35.7 Å². The van der Waals surface area contributed by atoms with Gasteiger partial charge in [-0.1, -0.05) is 6.07 Å². The Bertz CT molecular complexity index is 391. The minimum atomic E-state index is -0.380. The zero-order chi connectivity index (χ0) is 11.5. The quantitative estimate of drug-likeness (QED) is 0.795. The third-order valence-electron chi connectivity index (χ3n) is 2.58. The van der Waals surface area contributed by atoms with Crippen LogP contribution in [0.2, 0.25) is 0 Å². The molecule has 1 aromatic rings. The molecule has 0 bridgehead atoms. The first-order valence-electron chi connectivity index (χ1n) is 5.11. The van der Waals surface area contributed by atoms with E-state index in [4.69, 9.17) is 5.11 Å². The van der Waals surface area contributed by atoms with E-state index in [1.54, 1.807) is 11.0 Å². The Morgan fingerprint density at radius 2 is 2.31 bits per heavy atom. The summed E-state index contributed by atoms with van der Waals surface area (Å²) in [6.45, 7) is 1.21. The SMILES string of the molecule is O=C(Nc1cccc(F)c1)N1CC(CO)C1. The van der Waals surface area contributed by atoms with Gasteiger partial charge in [-0.05, 0) is 18.2 Å². The van der Waals surface area contributed by atoms with Gasteiger partial charge in [0.1, 0.15) is 5.82 Å². The van der Waals surface area contributed by atoms with Gasteiger partial charge in [-0.15, -0.1) is 0 Å². The van der Waals surface area contributed by atoms with Crippen LogP contribution >= 0.6 is 0 Å². The van der Waals surface area contributed by atoms with E-state index in [0.717, 1.165) is 0 Å². The first-order valence-corrected chi connectivity index (χ1v) is 5.11. The van der Waals surface area contributed by atoms with Gasteiger partial charge in [0.15, 0.2) is 0 Å². The van der Waals surface area contributed by atoms with Crippen molar-refractivity contribution in [3.63, 3.8) is 0 Å². The number of halogens is 1. The largest absolute Gasteiger partial charge is 0.396 e. The van der Waals surface area contributed by atoms with Crippen molar-refractivity contribution in [2.45, 2.75) is 0 Å². The molecule has 0 spiro atoms. The van der Waals surface area contributed by atoms with E-state index < -0.39 is 0 Å². The number of likely N-dealkylation sites (tertiary alicyclic amines) is 1. The molecule has 4 nitrogen and oxygen atoms in total. The van der Waals surface area contributed by atoms with Crippen molar-refractivity contribution < 1.29 is 14.3 Å². The van der Waals surface area contributed by atoms with E-state index in [-0.39, 0.29) is 24.4 Å². The first kappa shape index (κ1) is 10.9. The van der Waals surface area contributed by atoms with Gasteiger partial charge in [-0.25, -0.2) is 9.18 Å². The number of rotatable bonds is 2. The molecular weight excluding hydrogens is 211 g/mol. The van der Waals surface area contributed by atoms with E-state index in [2.05, 4.69) is 5.32 Å². The fraction of sp³-hybridized carbons (Fsp3) is 0.364. The predicted octanol–water partition coefficient (Wildman–Crippen LogP) is 1.28. The summed E-state index contributed by atoms with van der Waals surface area (Å²) in [4.78, 5) is 13.2. The maximum atomic E-state index is 12.8. The van der Waals surface area contributed by atoms with E-state index in [9.17, 15) is 9.18 Å². The van der Waals surface area contributed by atoms with E-state index in [0.29, 0.717) is 18.8 Å². The summed E-state index contributed by atoms with van der Waals surface area (Å²) in [7, 11) is 0. The summed E-state index contributed by atoms with van der Waals surface area (Å²) in [5.74, 6) is -0.201. The highest BCUT2D eigenvalue weighted by molar-refractivity contribution is 5.89. The molecule has 1 aromatic carbocycles. The second-order valence-electron chi connectivity index (χ2n) is 3.89. The van der Waals surface area contributed by atoms with Crippen molar-refractivity contribution in [3.8, 4) is 0 Å². The normalized spacial score (nSPS) is 15.8. The number of aliphatic hydroxyl groups excluding tert-OH is 1. The number of hydrogen-bond acceptors (Lipinski definition) is 2. The third kappa shape index (κ3) is 2.30. The van der Waals surface area contributed by atoms with Crippen LogP contribution in [0.5, 0.6) is 0 Å². The average Bonchev–Trinajstić information content (AvgIpc) is 2.15. The van der Waals surface area contributed by atoms with E-state index in [1.165, 1.54) is 18.2 Å². The van der Waals surface area contributed by atoms with Crippen molar-refractivity contribution in [1.82, 2.24) is 4.90 Å². The Hall–Kier alpha value is -1.62. The Kier molecular flexibility index (Phi) is 3.05. The molecule has 5 heteroatoms. The second kappa shape index (κ2) is 4.49. The van der Waals surface area contributed by atoms with E-state index in [1.807, 2.05) is 0 Å². The summed E-state index contributed by atoms with van der Waals surface area (Å²) in [6.07, 6.45) is 0. The van der Waals surface area contributed by atoms with Crippen LogP contribution in [0.1, 0.15) is 0 Å². The highest BCUT2D eigenvalue weighted by Gasteiger charge is 2.29. The maximum absolute atomic E-state index is 12.8. The molecule has 86 valence electrons. The zero-order valence-corrected chi connectivity index (χ0v) is 8.69. The minimum absolute atomic E-state index is 0.101. The predicted molar refractivity (Wildman–Crippen MR) is 57.6 cm³/mol. The number of aliphatic hydroxyl groups is 1. The smallest absolute Gasteiger partial charge is 0.321 e. The van der Waals surface area contributed by atoms with Crippen LogP contribution in [0, 0.1) is 11.7 Å². The topological polar surface area (TPSA) is 52.6 Å². The lowest BCUT2D eigenvalue weighted by atomic mass is 10.0. The number of carbonyl (C=O) groups is 1. The molecule has 1 heterocycles. The molecule has 0 aliphatic carbocycles. The van der Waals surface area contributed by atoms with Crippen LogP contribution in [0.3, 0.4) is 0 Å². The molecule has 0 saturated carbocycles. The van der Waals surface area contributed by atoms with Gasteiger partial charge in [0.25, 0.3) is 0 Å². The standard InChI is InChI=1S/C11H13FN2O2/c12-9-2-1-3-10(4-9)13-11(16)14-5-8(6-14)7-15/h1-4,8,15H,5-7H2,(H,13,16). The highest BCUT2D eigenvalue weighted by Crippen LogP contribution is 2.17. The Balaban J connectivity index is 1.89. The maximum Gasteiger partial charge on any atom is 0.321 e. The minimum Gasteiger partial charge on any atom is -0.396 e. The molecular formula is C11H13FN2O2. The van der Waals surface area contributed by atoms with Crippen LogP contribution in [0.15, 0.2) is 24.3 Å². The molecule has 1 aliphatic heterocycles. The van der Waals surface area contributed by atoms with Gasteiger partial charge in [-0.3, -0.25) is 0 Å². The number of nitrogens with zero attached hydrogens (tertiary/aromatic N) is 1. The van der Waals surface area contributed by atoms with Crippen LogP contribution in [-0.2, 0) is 0 Å². The number of anilines is 1. The number of carbonyl (C=O) groups excluding carboxylic acids is 1. The molecule has 1 saturated heterocycles. The van der Waals surface area contributed by atoms with Gasteiger partial charge < -0.3 is 15.3 Å².